The van der Waals surface area contributed by atoms with Gasteiger partial charge >= 0.3 is 0 Å². The molecular weight excluding hydrogens is 288 g/mol. The summed E-state index contributed by atoms with van der Waals surface area (Å²) in [5, 5.41) is 5.26. The van der Waals surface area contributed by atoms with Crippen LogP contribution >= 0.6 is 0 Å². The fourth-order valence-electron chi connectivity index (χ4n) is 3.17. The number of amides is 1. The molecule has 1 aliphatic rings. The molecule has 4 rings (SSSR count). The quantitative estimate of drug-likeness (QED) is 0.809. The lowest BCUT2D eigenvalue weighted by Crippen LogP contribution is -2.12. The smallest absolute Gasteiger partial charge is 0.251 e. The van der Waals surface area contributed by atoms with Crippen LogP contribution in [0.2, 0.25) is 0 Å². The summed E-state index contributed by atoms with van der Waals surface area (Å²) in [6.45, 7) is 0.610. The Balaban J connectivity index is 1.83. The first-order chi connectivity index (χ1) is 11.3. The summed E-state index contributed by atoms with van der Waals surface area (Å²) in [4.78, 5) is 16.3. The summed E-state index contributed by atoms with van der Waals surface area (Å²) >= 11 is 0. The molecule has 4 nitrogen and oxygen atoms in total. The predicted octanol–water partition coefficient (Wildman–Crippen LogP) is 3.08. The van der Waals surface area contributed by atoms with Crippen LogP contribution in [-0.4, -0.2) is 18.0 Å². The van der Waals surface area contributed by atoms with Crippen LogP contribution in [0.5, 0.6) is 5.88 Å². The van der Waals surface area contributed by atoms with Gasteiger partial charge in [-0.25, -0.2) is 4.98 Å². The van der Waals surface area contributed by atoms with E-state index >= 15 is 0 Å². The molecule has 2 aromatic carbocycles. The van der Waals surface area contributed by atoms with Gasteiger partial charge in [0.2, 0.25) is 5.88 Å². The summed E-state index contributed by atoms with van der Waals surface area (Å²) in [6, 6.07) is 14.1. The highest BCUT2D eigenvalue weighted by atomic mass is 16.5. The minimum atomic E-state index is 0.0138. The van der Waals surface area contributed by atoms with Crippen LogP contribution in [0.1, 0.15) is 27.0 Å². The summed E-state index contributed by atoms with van der Waals surface area (Å²) in [5.74, 6) is 0.617. The number of aromatic nitrogens is 1. The standard InChI is InChI=1S/C19H16N2O2/c1-23-18-7-6-12(10-20-18)8-13-9-16-17(11-21-19(16)22)15-5-3-2-4-14(13)15/h2-7,9-10H,8,11H2,1H3,(H,21,22). The van der Waals surface area contributed by atoms with E-state index in [1.165, 1.54) is 5.39 Å². The second kappa shape index (κ2) is 5.39. The van der Waals surface area contributed by atoms with Gasteiger partial charge in [-0.1, -0.05) is 30.3 Å². The number of nitrogens with one attached hydrogen (secondary N) is 1. The Hall–Kier alpha value is -2.88. The number of benzene rings is 2. The van der Waals surface area contributed by atoms with Crippen LogP contribution in [0.25, 0.3) is 10.8 Å². The maximum absolute atomic E-state index is 12.1. The first kappa shape index (κ1) is 13.8. The van der Waals surface area contributed by atoms with E-state index in [1.54, 1.807) is 7.11 Å². The molecule has 0 aliphatic carbocycles. The SMILES string of the molecule is COc1ccc(Cc2cc3c(c4ccccc24)CNC3=O)cn1. The third-order valence-corrected chi connectivity index (χ3v) is 4.31. The Labute approximate surface area is 134 Å². The lowest BCUT2D eigenvalue weighted by atomic mass is 9.93. The van der Waals surface area contributed by atoms with E-state index in [0.717, 1.165) is 34.1 Å². The van der Waals surface area contributed by atoms with Gasteiger partial charge in [-0.3, -0.25) is 4.79 Å². The number of nitrogens with zero attached hydrogens (tertiary/aromatic N) is 1. The number of ether oxygens (including phenoxy) is 1. The maximum atomic E-state index is 12.1. The Bertz CT molecular complexity index is 901. The van der Waals surface area contributed by atoms with E-state index in [2.05, 4.69) is 22.4 Å². The third kappa shape index (κ3) is 2.32. The van der Waals surface area contributed by atoms with Gasteiger partial charge in [0.15, 0.2) is 0 Å². The number of fused-ring (bicyclic) bond motifs is 3. The summed E-state index contributed by atoms with van der Waals surface area (Å²) in [7, 11) is 1.61. The van der Waals surface area contributed by atoms with E-state index in [9.17, 15) is 4.79 Å². The van der Waals surface area contributed by atoms with Gasteiger partial charge in [0, 0.05) is 24.4 Å². The second-order valence-electron chi connectivity index (χ2n) is 5.68. The van der Waals surface area contributed by atoms with Crippen molar-refractivity contribution < 1.29 is 9.53 Å². The zero-order chi connectivity index (χ0) is 15.8. The van der Waals surface area contributed by atoms with Crippen LogP contribution in [0.3, 0.4) is 0 Å². The maximum Gasteiger partial charge on any atom is 0.251 e. The van der Waals surface area contributed by atoms with Gasteiger partial charge in [0.1, 0.15) is 0 Å². The number of methoxy groups -OCH3 is 1. The van der Waals surface area contributed by atoms with Crippen LogP contribution in [-0.2, 0) is 13.0 Å². The third-order valence-electron chi connectivity index (χ3n) is 4.31. The van der Waals surface area contributed by atoms with Crippen molar-refractivity contribution in [3.8, 4) is 5.88 Å². The molecule has 0 radical (unpaired) electrons. The first-order valence-corrected chi connectivity index (χ1v) is 7.57. The molecule has 0 unspecified atom stereocenters. The highest BCUT2D eigenvalue weighted by Gasteiger charge is 2.22. The van der Waals surface area contributed by atoms with Crippen molar-refractivity contribution in [3.63, 3.8) is 0 Å². The molecule has 0 saturated carbocycles. The van der Waals surface area contributed by atoms with Crippen LogP contribution in [0.4, 0.5) is 0 Å². The Morgan fingerprint density at radius 1 is 1.17 bits per heavy atom. The van der Waals surface area contributed by atoms with Gasteiger partial charge in [-0.15, -0.1) is 0 Å². The zero-order valence-electron chi connectivity index (χ0n) is 12.8. The molecule has 23 heavy (non-hydrogen) atoms. The number of hydrogen-bond donors (Lipinski definition) is 1. The largest absolute Gasteiger partial charge is 0.481 e. The van der Waals surface area contributed by atoms with Crippen molar-refractivity contribution in [1.82, 2.24) is 10.3 Å². The average molecular weight is 304 g/mol. The van der Waals surface area contributed by atoms with Crippen molar-refractivity contribution in [2.24, 2.45) is 0 Å². The number of rotatable bonds is 3. The molecule has 2 heterocycles. The van der Waals surface area contributed by atoms with Crippen LogP contribution in [0, 0.1) is 0 Å². The van der Waals surface area contributed by atoms with Crippen molar-refractivity contribution in [3.05, 3.63) is 70.9 Å². The molecule has 1 N–H and O–H groups in total. The fraction of sp³-hybridized carbons (Fsp3) is 0.158. The monoisotopic (exact) mass is 304 g/mol. The lowest BCUT2D eigenvalue weighted by molar-refractivity contribution is 0.0965. The molecule has 3 aromatic rings. The van der Waals surface area contributed by atoms with Crippen molar-refractivity contribution in [2.45, 2.75) is 13.0 Å². The van der Waals surface area contributed by atoms with E-state index in [-0.39, 0.29) is 5.91 Å². The summed E-state index contributed by atoms with van der Waals surface area (Å²) < 4.78 is 5.10. The van der Waals surface area contributed by atoms with E-state index in [4.69, 9.17) is 4.74 Å². The van der Waals surface area contributed by atoms with Gasteiger partial charge in [-0.05, 0) is 39.9 Å². The molecule has 0 fully saturated rings. The van der Waals surface area contributed by atoms with E-state index < -0.39 is 0 Å². The summed E-state index contributed by atoms with van der Waals surface area (Å²) in [5.41, 5.74) is 4.13. The molecule has 1 amide bonds. The fourth-order valence-corrected chi connectivity index (χ4v) is 3.17. The van der Waals surface area contributed by atoms with Crippen molar-refractivity contribution in [1.29, 1.82) is 0 Å². The summed E-state index contributed by atoms with van der Waals surface area (Å²) in [6.07, 6.45) is 2.55. The van der Waals surface area contributed by atoms with Crippen LogP contribution in [0.15, 0.2) is 48.7 Å². The highest BCUT2D eigenvalue weighted by molar-refractivity contribution is 6.05. The van der Waals surface area contributed by atoms with Gasteiger partial charge in [-0.2, -0.15) is 0 Å². The van der Waals surface area contributed by atoms with Gasteiger partial charge in [0.25, 0.3) is 5.91 Å². The molecular formula is C19H16N2O2. The number of carbonyl (C=O) groups is 1. The van der Waals surface area contributed by atoms with Crippen molar-refractivity contribution in [2.75, 3.05) is 7.11 Å². The Morgan fingerprint density at radius 2 is 2.00 bits per heavy atom. The highest BCUT2D eigenvalue weighted by Crippen LogP contribution is 2.30. The average Bonchev–Trinajstić information content (AvgIpc) is 2.97. The molecule has 0 saturated heterocycles. The van der Waals surface area contributed by atoms with Gasteiger partial charge in [0.05, 0.1) is 7.11 Å². The topological polar surface area (TPSA) is 51.2 Å². The molecule has 1 aromatic heterocycles. The molecule has 114 valence electrons. The normalized spacial score (nSPS) is 13.0. The molecule has 1 aliphatic heterocycles. The molecule has 0 atom stereocenters. The minimum absolute atomic E-state index is 0.0138. The minimum Gasteiger partial charge on any atom is -0.481 e. The first-order valence-electron chi connectivity index (χ1n) is 7.57. The Morgan fingerprint density at radius 3 is 2.74 bits per heavy atom. The van der Waals surface area contributed by atoms with Gasteiger partial charge < -0.3 is 10.1 Å². The Kier molecular flexibility index (Phi) is 3.23. The van der Waals surface area contributed by atoms with E-state index in [1.807, 2.05) is 36.5 Å². The predicted molar refractivity (Wildman–Crippen MR) is 88.7 cm³/mol. The van der Waals surface area contributed by atoms with E-state index in [0.29, 0.717) is 12.4 Å². The molecule has 4 heteroatoms. The molecule has 0 spiro atoms. The second-order valence-corrected chi connectivity index (χ2v) is 5.68. The number of pyridine rings is 1. The number of carbonyl (C=O) groups excluding carboxylic acids is 1. The molecule has 0 bridgehead atoms. The van der Waals surface area contributed by atoms with Crippen LogP contribution < -0.4 is 10.1 Å². The zero-order valence-corrected chi connectivity index (χ0v) is 12.8. The number of hydrogen-bond acceptors (Lipinski definition) is 3. The lowest BCUT2D eigenvalue weighted by Gasteiger charge is -2.11. The van der Waals surface area contributed by atoms with Crippen molar-refractivity contribution >= 4 is 16.7 Å².